The maximum Gasteiger partial charge on any atom is 0.268 e. The molecule has 2 heterocycles. The normalized spacial score (nSPS) is 41.9. The van der Waals surface area contributed by atoms with Crippen molar-refractivity contribution in [3.05, 3.63) is 0 Å². The van der Waals surface area contributed by atoms with Crippen molar-refractivity contribution in [3.63, 3.8) is 0 Å². The maximum absolute atomic E-state index is 14.1. The van der Waals surface area contributed by atoms with Crippen LogP contribution in [0.1, 0.15) is 6.92 Å². The van der Waals surface area contributed by atoms with E-state index in [4.69, 9.17) is 43.5 Å². The van der Waals surface area contributed by atoms with Crippen molar-refractivity contribution in [1.82, 2.24) is 0 Å². The van der Waals surface area contributed by atoms with Crippen LogP contribution in [0, 0.1) is 5.92 Å². The monoisotopic (exact) mass is 456 g/mol. The summed E-state index contributed by atoms with van der Waals surface area (Å²) in [4.78, 5) is 23.7. The van der Waals surface area contributed by atoms with Crippen molar-refractivity contribution in [2.24, 2.45) is 5.92 Å². The van der Waals surface area contributed by atoms with Crippen LogP contribution in [0.25, 0.3) is 0 Å². The summed E-state index contributed by atoms with van der Waals surface area (Å²) < 4.78 is 71.7. The largest absolute Gasteiger partial charge is 0.756 e. The van der Waals surface area contributed by atoms with E-state index in [1.54, 1.807) is 6.92 Å². The smallest absolute Gasteiger partial charge is 0.268 e. The van der Waals surface area contributed by atoms with Crippen LogP contribution in [0.5, 0.6) is 0 Å². The molecule has 0 aromatic heterocycles. The molecule has 2 rings (SSSR count). The molecule has 0 saturated carbocycles. The van der Waals surface area contributed by atoms with Crippen molar-refractivity contribution in [1.29, 1.82) is 0 Å². The quantitative estimate of drug-likeness (QED) is 0.288. The molecule has 10 atom stereocenters. The van der Waals surface area contributed by atoms with Gasteiger partial charge in [0.15, 0.2) is 0 Å². The summed E-state index contributed by atoms with van der Waals surface area (Å²) in [5.74, 6) is -0.629. The molecule has 11 nitrogen and oxygen atoms in total. The molecule has 2 fully saturated rings. The molecular formula is C13H21B2FO11P2-2. The van der Waals surface area contributed by atoms with Gasteiger partial charge < -0.3 is 42.1 Å². The zero-order chi connectivity index (χ0) is 22.0. The highest BCUT2D eigenvalue weighted by Gasteiger charge is 2.46. The summed E-state index contributed by atoms with van der Waals surface area (Å²) in [6.07, 6.45) is -6.95. The van der Waals surface area contributed by atoms with E-state index in [-0.39, 0.29) is 6.61 Å². The molecule has 0 N–H and O–H groups in total. The fourth-order valence-electron chi connectivity index (χ4n) is 2.93. The van der Waals surface area contributed by atoms with Crippen LogP contribution in [-0.4, -0.2) is 85.7 Å². The lowest BCUT2D eigenvalue weighted by molar-refractivity contribution is -0.237. The molecule has 4 radical (unpaired) electrons. The van der Waals surface area contributed by atoms with E-state index in [0.717, 1.165) is 7.11 Å². The van der Waals surface area contributed by atoms with E-state index in [9.17, 15) is 23.3 Å². The minimum atomic E-state index is -5.08. The van der Waals surface area contributed by atoms with Gasteiger partial charge in [0.2, 0.25) is 0 Å². The van der Waals surface area contributed by atoms with E-state index < -0.39 is 70.8 Å². The van der Waals surface area contributed by atoms with E-state index in [1.165, 1.54) is 7.11 Å². The summed E-state index contributed by atoms with van der Waals surface area (Å²) in [5.41, 5.74) is 0. The second kappa shape index (κ2) is 10.2. The summed E-state index contributed by atoms with van der Waals surface area (Å²) in [6.45, 7) is 0.680. The lowest BCUT2D eigenvalue weighted by atomic mass is 9.86. The third-order valence-corrected chi connectivity index (χ3v) is 6.43. The summed E-state index contributed by atoms with van der Waals surface area (Å²) in [7, 11) is 3.60. The molecule has 0 aromatic carbocycles. The van der Waals surface area contributed by atoms with E-state index in [2.05, 4.69) is 4.52 Å². The Balaban J connectivity index is 2.00. The molecule has 4 unspecified atom stereocenters. The Bertz CT molecular complexity index is 646. The minimum Gasteiger partial charge on any atom is -0.756 e. The molecule has 0 bridgehead atoms. The molecular weight excluding hydrogens is 435 g/mol. The minimum absolute atomic E-state index is 0.164. The fraction of sp³-hybridized carbons (Fsp3) is 1.00. The van der Waals surface area contributed by atoms with Gasteiger partial charge in [-0.25, -0.2) is 4.39 Å². The second-order valence-corrected chi connectivity index (χ2v) is 9.38. The number of rotatable bonds is 10. The fourth-order valence-corrected chi connectivity index (χ4v) is 4.59. The zero-order valence-corrected chi connectivity index (χ0v) is 17.7. The maximum atomic E-state index is 14.1. The molecule has 0 spiro atoms. The second-order valence-electron chi connectivity index (χ2n) is 6.55. The Morgan fingerprint density at radius 1 is 0.966 bits per heavy atom. The average molecular weight is 456 g/mol. The molecule has 0 aliphatic carbocycles. The number of hydrogen-bond donors (Lipinski definition) is 0. The number of alkyl halides is 1. The average Bonchev–Trinajstić information content (AvgIpc) is 3.05. The van der Waals surface area contributed by atoms with Gasteiger partial charge in [-0.15, -0.1) is 0 Å². The first-order valence-electron chi connectivity index (χ1n) is 8.55. The highest BCUT2D eigenvalue weighted by Crippen LogP contribution is 2.47. The summed E-state index contributed by atoms with van der Waals surface area (Å²) in [6, 6.07) is -2.34. The Labute approximate surface area is 170 Å². The van der Waals surface area contributed by atoms with Crippen LogP contribution in [0.2, 0.25) is 0 Å². The first kappa shape index (κ1) is 25.4. The van der Waals surface area contributed by atoms with Gasteiger partial charge >= 0.3 is 0 Å². The Morgan fingerprint density at radius 2 is 1.52 bits per heavy atom. The van der Waals surface area contributed by atoms with Crippen molar-refractivity contribution in [2.75, 3.05) is 27.4 Å². The predicted molar refractivity (Wildman–Crippen MR) is 92.7 cm³/mol. The lowest BCUT2D eigenvalue weighted by Gasteiger charge is -2.32. The van der Waals surface area contributed by atoms with Gasteiger partial charge in [0.1, 0.15) is 40.2 Å². The van der Waals surface area contributed by atoms with E-state index in [1.807, 2.05) is 0 Å². The molecule has 16 heteroatoms. The predicted octanol–water partition coefficient (Wildman–Crippen LogP) is -1.24. The first-order chi connectivity index (χ1) is 13.4. The molecule has 2 aliphatic rings. The highest BCUT2D eigenvalue weighted by molar-refractivity contribution is 7.46. The van der Waals surface area contributed by atoms with Crippen molar-refractivity contribution in [3.8, 4) is 0 Å². The molecule has 2 aliphatic heterocycles. The Kier molecular flexibility index (Phi) is 8.93. The van der Waals surface area contributed by atoms with Gasteiger partial charge in [-0.1, -0.05) is 6.92 Å². The van der Waals surface area contributed by atoms with Gasteiger partial charge in [0, 0.05) is 26.1 Å². The third-order valence-electron chi connectivity index (χ3n) is 4.51. The Morgan fingerprint density at radius 3 is 2.10 bits per heavy atom. The first-order valence-corrected chi connectivity index (χ1v) is 11.5. The number of halogens is 1. The van der Waals surface area contributed by atoms with Crippen LogP contribution in [0.3, 0.4) is 0 Å². The SMILES string of the molecule is [B][C@@H]1O[C@H](COP(=O)([O-])OC2[C@@H](COC)O[C@@H]([B])[C@H]2F)C(OP(=O)([O-])OC)[C@@H]1C. The van der Waals surface area contributed by atoms with Crippen molar-refractivity contribution < 1.29 is 55.6 Å². The van der Waals surface area contributed by atoms with Gasteiger partial charge in [-0.05, 0) is 0 Å². The topological polar surface area (TPSA) is 145 Å². The lowest BCUT2D eigenvalue weighted by Crippen LogP contribution is -2.37. The summed E-state index contributed by atoms with van der Waals surface area (Å²) >= 11 is 0. The molecule has 2 saturated heterocycles. The van der Waals surface area contributed by atoms with Crippen LogP contribution < -0.4 is 9.79 Å². The number of phosphoric acid groups is 2. The van der Waals surface area contributed by atoms with Gasteiger partial charge in [-0.2, -0.15) is 0 Å². The Hall–Kier alpha value is 0.160. The third kappa shape index (κ3) is 6.57. The van der Waals surface area contributed by atoms with Crippen molar-refractivity contribution >= 4 is 31.3 Å². The molecule has 164 valence electrons. The van der Waals surface area contributed by atoms with Crippen LogP contribution >= 0.6 is 15.6 Å². The molecule has 0 amide bonds. The standard InChI is InChI=1S/C13H23B2FO11P2/c1-6-10(26-28(17,18)22-3)8(24-12(6)14)5-23-29(19,20)27-11-7(4-21-2)25-13(15)9(11)16/h6-13H,4-5H2,1-3H3,(H,17,18)(H,19,20)/p-2/t6-,7+,8+,9-,10?,11?,12+,13+/m0/s1. The van der Waals surface area contributed by atoms with Gasteiger partial charge in [-0.3, -0.25) is 9.13 Å². The highest BCUT2D eigenvalue weighted by atomic mass is 31.2. The molecule has 0 aromatic rings. The number of ether oxygens (including phenoxy) is 3. The number of hydrogen-bond acceptors (Lipinski definition) is 11. The van der Waals surface area contributed by atoms with E-state index >= 15 is 0 Å². The van der Waals surface area contributed by atoms with Crippen molar-refractivity contribution in [2.45, 2.75) is 49.5 Å². The van der Waals surface area contributed by atoms with Gasteiger partial charge in [0.25, 0.3) is 15.6 Å². The number of phosphoric ester groups is 2. The molecule has 29 heavy (non-hydrogen) atoms. The van der Waals surface area contributed by atoms with Crippen LogP contribution in [0.4, 0.5) is 4.39 Å². The van der Waals surface area contributed by atoms with Crippen LogP contribution in [-0.2, 0) is 41.4 Å². The van der Waals surface area contributed by atoms with Crippen LogP contribution in [0.15, 0.2) is 0 Å². The van der Waals surface area contributed by atoms with Gasteiger partial charge in [0.05, 0.1) is 25.3 Å². The summed E-state index contributed by atoms with van der Waals surface area (Å²) in [5, 5.41) is 0. The number of methoxy groups -OCH3 is 1. The van der Waals surface area contributed by atoms with E-state index in [0.29, 0.717) is 0 Å². The zero-order valence-electron chi connectivity index (χ0n) is 16.0.